The highest BCUT2D eigenvalue weighted by molar-refractivity contribution is 5.71. The predicted molar refractivity (Wildman–Crippen MR) is 297 cm³/mol. The molecule has 0 saturated carbocycles. The molecule has 0 amide bonds. The monoisotopic (exact) mass is 945 g/mol. The largest absolute Gasteiger partial charge is 0.462 e. The van der Waals surface area contributed by atoms with Crippen molar-refractivity contribution in [1.29, 1.82) is 0 Å². The summed E-state index contributed by atoms with van der Waals surface area (Å²) >= 11 is 0. The van der Waals surface area contributed by atoms with Crippen LogP contribution in [0.5, 0.6) is 0 Å². The molecule has 0 N–H and O–H groups in total. The molecule has 0 aromatic rings. The van der Waals surface area contributed by atoms with Crippen molar-refractivity contribution in [1.82, 2.24) is 0 Å². The summed E-state index contributed by atoms with van der Waals surface area (Å²) in [7, 11) is 0. The highest BCUT2D eigenvalue weighted by Crippen LogP contribution is 2.10. The minimum Gasteiger partial charge on any atom is -0.462 e. The first kappa shape index (κ1) is 63.5. The van der Waals surface area contributed by atoms with E-state index in [0.29, 0.717) is 19.3 Å². The molecule has 0 aromatic heterocycles. The zero-order valence-corrected chi connectivity index (χ0v) is 43.2. The van der Waals surface area contributed by atoms with Crippen LogP contribution < -0.4 is 0 Å². The Bertz CT molecular complexity index is 1700. The molecule has 380 valence electrons. The molecule has 6 nitrogen and oxygen atoms in total. The Morgan fingerprint density at radius 1 is 0.304 bits per heavy atom. The first-order chi connectivity index (χ1) is 34.0. The second-order valence-corrected chi connectivity index (χ2v) is 16.4. The van der Waals surface area contributed by atoms with Crippen LogP contribution in [0.15, 0.2) is 182 Å². The van der Waals surface area contributed by atoms with Gasteiger partial charge in [-0.3, -0.25) is 14.4 Å². The summed E-state index contributed by atoms with van der Waals surface area (Å²) in [4.78, 5) is 38.0. The van der Waals surface area contributed by atoms with Crippen molar-refractivity contribution in [3.63, 3.8) is 0 Å². The van der Waals surface area contributed by atoms with Crippen LogP contribution in [-0.2, 0) is 28.6 Å². The van der Waals surface area contributed by atoms with E-state index in [9.17, 15) is 14.4 Å². The van der Waals surface area contributed by atoms with Gasteiger partial charge in [0.25, 0.3) is 0 Å². The zero-order chi connectivity index (χ0) is 50.0. The van der Waals surface area contributed by atoms with Crippen molar-refractivity contribution < 1.29 is 28.6 Å². The minimum absolute atomic E-state index is 0.146. The molecule has 0 radical (unpaired) electrons. The number of allylic oxidation sites excluding steroid dienone is 30. The Labute approximate surface area is 421 Å². The van der Waals surface area contributed by atoms with Gasteiger partial charge in [0.1, 0.15) is 13.2 Å². The van der Waals surface area contributed by atoms with E-state index in [2.05, 4.69) is 154 Å². The molecular formula is C63H92O6. The van der Waals surface area contributed by atoms with Crippen molar-refractivity contribution in [2.24, 2.45) is 0 Å². The van der Waals surface area contributed by atoms with Crippen LogP contribution in [0.1, 0.15) is 175 Å². The van der Waals surface area contributed by atoms with Gasteiger partial charge in [-0.1, -0.05) is 216 Å². The van der Waals surface area contributed by atoms with Gasteiger partial charge in [-0.2, -0.15) is 0 Å². The Hall–Kier alpha value is -5.49. The Morgan fingerprint density at radius 2 is 0.623 bits per heavy atom. The number of rotatable bonds is 44. The molecule has 6 heteroatoms. The second-order valence-electron chi connectivity index (χ2n) is 16.4. The Balaban J connectivity index is 4.66. The van der Waals surface area contributed by atoms with Gasteiger partial charge in [-0.25, -0.2) is 0 Å². The maximum Gasteiger partial charge on any atom is 0.306 e. The van der Waals surface area contributed by atoms with Gasteiger partial charge in [0.05, 0.1) is 0 Å². The van der Waals surface area contributed by atoms with Gasteiger partial charge >= 0.3 is 17.9 Å². The lowest BCUT2D eigenvalue weighted by Gasteiger charge is -2.18. The van der Waals surface area contributed by atoms with Crippen LogP contribution in [0.25, 0.3) is 0 Å². The lowest BCUT2D eigenvalue weighted by atomic mass is 10.1. The van der Waals surface area contributed by atoms with Crippen LogP contribution in [-0.4, -0.2) is 37.2 Å². The maximum absolute atomic E-state index is 12.8. The minimum atomic E-state index is -0.853. The number of unbranched alkanes of at least 4 members (excludes halogenated alkanes) is 6. The molecule has 0 aliphatic heterocycles. The van der Waals surface area contributed by atoms with Crippen LogP contribution in [0, 0.1) is 0 Å². The highest BCUT2D eigenvalue weighted by Gasteiger charge is 2.19. The number of ether oxygens (including phenoxy) is 3. The van der Waals surface area contributed by atoms with Gasteiger partial charge in [-0.05, 0) is 122 Å². The topological polar surface area (TPSA) is 78.9 Å². The molecule has 0 aromatic carbocycles. The van der Waals surface area contributed by atoms with E-state index < -0.39 is 6.10 Å². The Kier molecular flexibility index (Phi) is 50.7. The zero-order valence-electron chi connectivity index (χ0n) is 43.2. The van der Waals surface area contributed by atoms with Gasteiger partial charge < -0.3 is 14.2 Å². The number of hydrogen-bond donors (Lipinski definition) is 0. The normalized spacial score (nSPS) is 13.6. The third-order valence-corrected chi connectivity index (χ3v) is 9.99. The average molecular weight is 945 g/mol. The number of carbonyl (C=O) groups is 3. The predicted octanol–water partition coefficient (Wildman–Crippen LogP) is 17.7. The number of carbonyl (C=O) groups excluding carboxylic acids is 3. The molecule has 0 saturated heterocycles. The second kappa shape index (κ2) is 55.1. The molecule has 0 aliphatic rings. The number of esters is 3. The van der Waals surface area contributed by atoms with Crippen molar-refractivity contribution in [2.45, 2.75) is 181 Å². The van der Waals surface area contributed by atoms with E-state index in [1.165, 1.54) is 0 Å². The van der Waals surface area contributed by atoms with E-state index in [1.807, 2.05) is 48.6 Å². The SMILES string of the molecule is CC/C=C/C=C/C=C/C=C/CCCCCC(=O)OCC(COC(=O)CC/C=C/C/C=C/C/C=C/C/C=C/C/C=C/C/C=C/CC)OC(=O)CCCCC/C=C/C/C=C/C/C=C/C/C=C/C/C=C/CC. The standard InChI is InChI=1S/C63H92O6/c1-4-7-10-13-16-19-22-25-27-29-31-33-35-38-41-44-47-50-53-56-62(65)68-59-60(58-67-61(64)55-52-49-46-43-40-37-24-21-18-15-12-9-6-3)69-63(66)57-54-51-48-45-42-39-36-34-32-30-28-26-23-20-17-14-11-8-5-2/h7-12,15-21,24-28,31-34,37-42,47,50,60H,4-6,13-14,22-23,29-30,35-36,43-46,48-49,51-59H2,1-3H3/b10-7+,11-8+,12-9+,18-15+,19-16+,20-17+,24-21+,27-25+,28-26+,33-31+,34-32+,40-37+,41-38+,42-39+,50-47+. The molecule has 0 bridgehead atoms. The third kappa shape index (κ3) is 53.3. The summed E-state index contributed by atoms with van der Waals surface area (Å²) in [5.41, 5.74) is 0. The average Bonchev–Trinajstić information content (AvgIpc) is 3.35. The fourth-order valence-corrected chi connectivity index (χ4v) is 6.15. The van der Waals surface area contributed by atoms with Gasteiger partial charge in [0.2, 0.25) is 0 Å². The first-order valence-corrected chi connectivity index (χ1v) is 26.3. The molecule has 1 atom stereocenters. The van der Waals surface area contributed by atoms with E-state index >= 15 is 0 Å². The maximum atomic E-state index is 12.8. The first-order valence-electron chi connectivity index (χ1n) is 26.3. The molecule has 1 unspecified atom stereocenters. The summed E-state index contributed by atoms with van der Waals surface area (Å²) in [5, 5.41) is 0. The summed E-state index contributed by atoms with van der Waals surface area (Å²) in [6.07, 6.45) is 83.2. The molecule has 0 spiro atoms. The third-order valence-electron chi connectivity index (χ3n) is 9.99. The van der Waals surface area contributed by atoms with Crippen LogP contribution in [0.2, 0.25) is 0 Å². The summed E-state index contributed by atoms with van der Waals surface area (Å²) < 4.78 is 16.7. The highest BCUT2D eigenvalue weighted by atomic mass is 16.6. The van der Waals surface area contributed by atoms with Crippen molar-refractivity contribution in [2.75, 3.05) is 13.2 Å². The Morgan fingerprint density at radius 3 is 1.04 bits per heavy atom. The van der Waals surface area contributed by atoms with E-state index in [4.69, 9.17) is 14.2 Å². The molecule has 0 heterocycles. The van der Waals surface area contributed by atoms with Crippen LogP contribution >= 0.6 is 0 Å². The molecule has 69 heavy (non-hydrogen) atoms. The fourth-order valence-electron chi connectivity index (χ4n) is 6.15. The summed E-state index contributed by atoms with van der Waals surface area (Å²) in [6.45, 7) is 6.10. The quantitative estimate of drug-likeness (QED) is 0.0199. The molecule has 0 fully saturated rings. The van der Waals surface area contributed by atoms with E-state index in [1.54, 1.807) is 0 Å². The summed E-state index contributed by atoms with van der Waals surface area (Å²) in [6, 6.07) is 0. The van der Waals surface area contributed by atoms with Crippen molar-refractivity contribution >= 4 is 17.9 Å². The lowest BCUT2D eigenvalue weighted by molar-refractivity contribution is -0.166. The van der Waals surface area contributed by atoms with Crippen molar-refractivity contribution in [3.05, 3.63) is 182 Å². The van der Waals surface area contributed by atoms with Crippen molar-refractivity contribution in [3.8, 4) is 0 Å². The van der Waals surface area contributed by atoms with E-state index in [0.717, 1.165) is 116 Å². The summed E-state index contributed by atoms with van der Waals surface area (Å²) in [5.74, 6) is -1.12. The van der Waals surface area contributed by atoms with Crippen LogP contribution in [0.4, 0.5) is 0 Å². The molecular weight excluding hydrogens is 853 g/mol. The van der Waals surface area contributed by atoms with E-state index in [-0.39, 0.29) is 50.4 Å². The van der Waals surface area contributed by atoms with Crippen LogP contribution in [0.3, 0.4) is 0 Å². The molecule has 0 rings (SSSR count). The molecule has 0 aliphatic carbocycles. The van der Waals surface area contributed by atoms with Gasteiger partial charge in [0, 0.05) is 19.3 Å². The number of hydrogen-bond acceptors (Lipinski definition) is 6. The van der Waals surface area contributed by atoms with Gasteiger partial charge in [-0.15, -0.1) is 0 Å². The van der Waals surface area contributed by atoms with Gasteiger partial charge in [0.15, 0.2) is 6.10 Å². The smallest absolute Gasteiger partial charge is 0.306 e. The lowest BCUT2D eigenvalue weighted by Crippen LogP contribution is -2.30. The fraction of sp³-hybridized carbons (Fsp3) is 0.476.